The second kappa shape index (κ2) is 9.84. The van der Waals surface area contributed by atoms with Crippen molar-refractivity contribution in [3.63, 3.8) is 0 Å². The lowest BCUT2D eigenvalue weighted by molar-refractivity contribution is -0.384. The van der Waals surface area contributed by atoms with Crippen molar-refractivity contribution in [3.05, 3.63) is 39.9 Å². The second-order valence-electron chi connectivity index (χ2n) is 5.50. The molecular formula is C16H25N5O3. The highest BCUT2D eigenvalue weighted by atomic mass is 16.6. The Balaban J connectivity index is 1.85. The van der Waals surface area contributed by atoms with Crippen molar-refractivity contribution in [1.29, 1.82) is 0 Å². The molecule has 0 radical (unpaired) electrons. The van der Waals surface area contributed by atoms with Crippen LogP contribution in [0.2, 0.25) is 0 Å². The van der Waals surface area contributed by atoms with Gasteiger partial charge < -0.3 is 15.4 Å². The molecule has 0 aliphatic carbocycles. The van der Waals surface area contributed by atoms with Gasteiger partial charge in [0, 0.05) is 44.9 Å². The number of rotatable bonds is 7. The fourth-order valence-corrected chi connectivity index (χ4v) is 2.44. The Labute approximate surface area is 142 Å². The third kappa shape index (κ3) is 6.13. The maximum atomic E-state index is 10.8. The van der Waals surface area contributed by atoms with Gasteiger partial charge in [-0.1, -0.05) is 12.1 Å². The van der Waals surface area contributed by atoms with Crippen molar-refractivity contribution in [2.75, 3.05) is 45.9 Å². The summed E-state index contributed by atoms with van der Waals surface area (Å²) in [5.41, 5.74) is 0.905. The van der Waals surface area contributed by atoms with E-state index in [1.165, 1.54) is 6.07 Å². The van der Waals surface area contributed by atoms with E-state index in [0.717, 1.165) is 57.5 Å². The summed E-state index contributed by atoms with van der Waals surface area (Å²) in [6, 6.07) is 6.56. The van der Waals surface area contributed by atoms with Crippen LogP contribution in [0, 0.1) is 10.1 Å². The van der Waals surface area contributed by atoms with Gasteiger partial charge in [-0.3, -0.25) is 15.0 Å². The molecule has 132 valence electrons. The number of nitrogens with zero attached hydrogens (tertiary/aromatic N) is 3. The third-order valence-electron chi connectivity index (χ3n) is 3.71. The van der Waals surface area contributed by atoms with E-state index in [2.05, 4.69) is 20.5 Å². The molecule has 8 heteroatoms. The molecule has 0 unspecified atom stereocenters. The van der Waals surface area contributed by atoms with E-state index in [4.69, 9.17) is 4.74 Å². The Kier molecular flexibility index (Phi) is 7.44. The van der Waals surface area contributed by atoms with E-state index in [0.29, 0.717) is 6.54 Å². The van der Waals surface area contributed by atoms with Crippen LogP contribution < -0.4 is 10.6 Å². The number of guanidine groups is 1. The minimum absolute atomic E-state index is 0.0907. The van der Waals surface area contributed by atoms with E-state index in [-0.39, 0.29) is 10.6 Å². The van der Waals surface area contributed by atoms with Crippen molar-refractivity contribution >= 4 is 11.6 Å². The molecule has 0 spiro atoms. The first-order chi connectivity index (χ1) is 11.7. The number of hydrogen-bond acceptors (Lipinski definition) is 5. The average molecular weight is 335 g/mol. The second-order valence-corrected chi connectivity index (χ2v) is 5.50. The van der Waals surface area contributed by atoms with Crippen LogP contribution >= 0.6 is 0 Å². The molecular weight excluding hydrogens is 310 g/mol. The normalized spacial score (nSPS) is 16.0. The van der Waals surface area contributed by atoms with Crippen molar-refractivity contribution in [2.24, 2.45) is 4.99 Å². The molecule has 0 saturated carbocycles. The summed E-state index contributed by atoms with van der Waals surface area (Å²) >= 11 is 0. The first-order valence-corrected chi connectivity index (χ1v) is 8.24. The monoisotopic (exact) mass is 335 g/mol. The topological polar surface area (TPSA) is 92.0 Å². The molecule has 0 aromatic heterocycles. The molecule has 0 atom stereocenters. The van der Waals surface area contributed by atoms with Crippen LogP contribution in [-0.4, -0.2) is 61.7 Å². The molecule has 24 heavy (non-hydrogen) atoms. The van der Waals surface area contributed by atoms with E-state index >= 15 is 0 Å². The van der Waals surface area contributed by atoms with Crippen molar-refractivity contribution in [3.8, 4) is 0 Å². The van der Waals surface area contributed by atoms with Gasteiger partial charge in [0.15, 0.2) is 5.96 Å². The van der Waals surface area contributed by atoms with E-state index in [1.807, 2.05) is 13.0 Å². The lowest BCUT2D eigenvalue weighted by Crippen LogP contribution is -2.44. The van der Waals surface area contributed by atoms with Crippen LogP contribution in [-0.2, 0) is 11.3 Å². The van der Waals surface area contributed by atoms with Gasteiger partial charge in [0.2, 0.25) is 0 Å². The number of nitrogens with one attached hydrogen (secondary N) is 2. The first-order valence-electron chi connectivity index (χ1n) is 8.24. The minimum Gasteiger partial charge on any atom is -0.379 e. The molecule has 2 rings (SSSR count). The number of nitro groups is 1. The highest BCUT2D eigenvalue weighted by Crippen LogP contribution is 2.13. The molecule has 1 aliphatic heterocycles. The maximum Gasteiger partial charge on any atom is 0.269 e. The standard InChI is InChI=1S/C16H25N5O3/c1-2-17-16(18-6-7-20-8-10-24-11-9-20)19-13-14-4-3-5-15(12-14)21(22)23/h3-5,12H,2,6-11,13H2,1H3,(H2,17,18,19). The Bertz CT molecular complexity index is 558. The Morgan fingerprint density at radius 1 is 1.38 bits per heavy atom. The summed E-state index contributed by atoms with van der Waals surface area (Å²) in [5, 5.41) is 17.3. The summed E-state index contributed by atoms with van der Waals surface area (Å²) in [4.78, 5) is 17.3. The number of hydrogen-bond donors (Lipinski definition) is 2. The number of aliphatic imine (C=N–C) groups is 1. The van der Waals surface area contributed by atoms with Gasteiger partial charge in [0.05, 0.1) is 24.7 Å². The minimum atomic E-state index is -0.390. The van der Waals surface area contributed by atoms with Gasteiger partial charge in [0.1, 0.15) is 0 Å². The van der Waals surface area contributed by atoms with Crippen molar-refractivity contribution in [2.45, 2.75) is 13.5 Å². The summed E-state index contributed by atoms with van der Waals surface area (Å²) in [6.45, 7) is 8.40. The first kappa shape index (κ1) is 18.2. The predicted octanol–water partition coefficient (Wildman–Crippen LogP) is 0.982. The quantitative estimate of drug-likeness (QED) is 0.334. The molecule has 1 heterocycles. The summed E-state index contributed by atoms with van der Waals surface area (Å²) in [5.74, 6) is 0.720. The Morgan fingerprint density at radius 2 is 2.17 bits per heavy atom. The van der Waals surface area contributed by atoms with E-state index < -0.39 is 0 Å². The highest BCUT2D eigenvalue weighted by molar-refractivity contribution is 5.79. The largest absolute Gasteiger partial charge is 0.379 e. The van der Waals surface area contributed by atoms with Gasteiger partial charge in [-0.15, -0.1) is 0 Å². The van der Waals surface area contributed by atoms with Crippen LogP contribution in [0.4, 0.5) is 5.69 Å². The zero-order valence-electron chi connectivity index (χ0n) is 14.0. The summed E-state index contributed by atoms with van der Waals surface area (Å²) in [7, 11) is 0. The molecule has 1 aliphatic rings. The van der Waals surface area contributed by atoms with Crippen molar-refractivity contribution in [1.82, 2.24) is 15.5 Å². The van der Waals surface area contributed by atoms with Gasteiger partial charge in [-0.05, 0) is 12.5 Å². The van der Waals surface area contributed by atoms with Crippen LogP contribution in [0.3, 0.4) is 0 Å². The SMILES string of the molecule is CCNC(=NCc1cccc([N+](=O)[O-])c1)NCCN1CCOCC1. The molecule has 1 aromatic carbocycles. The Morgan fingerprint density at radius 3 is 2.88 bits per heavy atom. The molecule has 0 bridgehead atoms. The van der Waals surface area contributed by atoms with E-state index in [9.17, 15) is 10.1 Å². The fraction of sp³-hybridized carbons (Fsp3) is 0.562. The summed E-state index contributed by atoms with van der Waals surface area (Å²) < 4.78 is 5.33. The zero-order chi connectivity index (χ0) is 17.2. The van der Waals surface area contributed by atoms with Crippen LogP contribution in [0.5, 0.6) is 0 Å². The molecule has 0 amide bonds. The number of ether oxygens (including phenoxy) is 1. The van der Waals surface area contributed by atoms with E-state index in [1.54, 1.807) is 12.1 Å². The number of benzene rings is 1. The molecule has 1 saturated heterocycles. The fourth-order valence-electron chi connectivity index (χ4n) is 2.44. The average Bonchev–Trinajstić information content (AvgIpc) is 2.61. The lowest BCUT2D eigenvalue weighted by atomic mass is 10.2. The smallest absolute Gasteiger partial charge is 0.269 e. The third-order valence-corrected chi connectivity index (χ3v) is 3.71. The molecule has 2 N–H and O–H groups in total. The Hall–Kier alpha value is -2.19. The number of non-ortho nitro benzene ring substituents is 1. The van der Waals surface area contributed by atoms with Crippen LogP contribution in [0.25, 0.3) is 0 Å². The maximum absolute atomic E-state index is 10.8. The number of nitro benzene ring substituents is 1. The lowest BCUT2D eigenvalue weighted by Gasteiger charge is -2.26. The van der Waals surface area contributed by atoms with Crippen LogP contribution in [0.15, 0.2) is 29.3 Å². The summed E-state index contributed by atoms with van der Waals surface area (Å²) in [6.07, 6.45) is 0. The molecule has 1 fully saturated rings. The van der Waals surface area contributed by atoms with Crippen LogP contribution in [0.1, 0.15) is 12.5 Å². The van der Waals surface area contributed by atoms with Crippen molar-refractivity contribution < 1.29 is 9.66 Å². The van der Waals surface area contributed by atoms with Gasteiger partial charge in [-0.25, -0.2) is 4.99 Å². The van der Waals surface area contributed by atoms with Gasteiger partial charge in [0.25, 0.3) is 5.69 Å². The highest BCUT2D eigenvalue weighted by Gasteiger charge is 2.10. The predicted molar refractivity (Wildman–Crippen MR) is 93.2 cm³/mol. The zero-order valence-corrected chi connectivity index (χ0v) is 14.0. The molecule has 8 nitrogen and oxygen atoms in total. The molecule has 1 aromatic rings. The van der Waals surface area contributed by atoms with Gasteiger partial charge >= 0.3 is 0 Å². The van der Waals surface area contributed by atoms with Gasteiger partial charge in [-0.2, -0.15) is 0 Å². The number of morpholine rings is 1.